The van der Waals surface area contributed by atoms with Crippen LogP contribution < -0.4 is 5.48 Å². The van der Waals surface area contributed by atoms with Crippen LogP contribution in [0, 0.1) is 0 Å². The first-order valence-corrected chi connectivity index (χ1v) is 9.75. The van der Waals surface area contributed by atoms with Crippen LogP contribution in [0.25, 0.3) is 0 Å². The number of carbonyl (C=O) groups excluding carboxylic acids is 1. The van der Waals surface area contributed by atoms with E-state index in [0.717, 1.165) is 12.8 Å². The molecule has 0 atom stereocenters. The number of hydroxylamine groups is 1. The Morgan fingerprint density at radius 1 is 0.792 bits per heavy atom. The predicted octanol–water partition coefficient (Wildman–Crippen LogP) is 4.64. The number of rotatable bonds is 19. The molecular formula is C19H37NO4. The van der Waals surface area contributed by atoms with Gasteiger partial charge in [0.1, 0.15) is 6.61 Å². The van der Waals surface area contributed by atoms with Crippen LogP contribution in [0.4, 0.5) is 0 Å². The maximum Gasteiger partial charge on any atom is 0.303 e. The molecule has 0 bridgehead atoms. The molecule has 0 aliphatic carbocycles. The van der Waals surface area contributed by atoms with Gasteiger partial charge >= 0.3 is 5.97 Å². The largest absolute Gasteiger partial charge is 0.481 e. The third kappa shape index (κ3) is 19.1. The molecule has 0 aliphatic heterocycles. The first kappa shape index (κ1) is 23.1. The van der Waals surface area contributed by atoms with Crippen LogP contribution in [0.3, 0.4) is 0 Å². The molecule has 24 heavy (non-hydrogen) atoms. The van der Waals surface area contributed by atoms with Crippen LogP contribution >= 0.6 is 0 Å². The van der Waals surface area contributed by atoms with E-state index in [1.165, 1.54) is 57.8 Å². The fourth-order valence-corrected chi connectivity index (χ4v) is 2.57. The molecule has 0 heterocycles. The molecule has 5 nitrogen and oxygen atoms in total. The minimum atomic E-state index is -0.815. The molecule has 142 valence electrons. The average molecular weight is 344 g/mol. The Hall–Kier alpha value is -0.940. The maximum absolute atomic E-state index is 11.6. The van der Waals surface area contributed by atoms with E-state index in [4.69, 9.17) is 9.94 Å². The van der Waals surface area contributed by atoms with Gasteiger partial charge in [-0.15, -0.1) is 0 Å². The third-order valence-corrected chi connectivity index (χ3v) is 4.06. The van der Waals surface area contributed by atoms with Gasteiger partial charge in [0.25, 0.3) is 0 Å². The summed E-state index contributed by atoms with van der Waals surface area (Å²) in [6.45, 7) is 2.78. The molecule has 2 N–H and O–H groups in total. The zero-order valence-electron chi connectivity index (χ0n) is 15.5. The molecule has 0 rings (SSSR count). The molecule has 0 amide bonds. The highest BCUT2D eigenvalue weighted by atomic mass is 16.6. The van der Waals surface area contributed by atoms with Crippen molar-refractivity contribution in [3.8, 4) is 0 Å². The molecule has 0 aromatic heterocycles. The normalized spacial score (nSPS) is 10.9. The molecular weight excluding hydrogens is 306 g/mol. The minimum absolute atomic E-state index is 0.0742. The van der Waals surface area contributed by atoms with Gasteiger partial charge in [-0.3, -0.25) is 14.4 Å². The van der Waals surface area contributed by atoms with Crippen molar-refractivity contribution in [1.82, 2.24) is 5.48 Å². The third-order valence-electron chi connectivity index (χ3n) is 4.06. The Kier molecular flexibility index (Phi) is 17.7. The van der Waals surface area contributed by atoms with Crippen LogP contribution in [0.5, 0.6) is 0 Å². The summed E-state index contributed by atoms with van der Waals surface area (Å²) in [5.41, 5.74) is 2.63. The summed E-state index contributed by atoms with van der Waals surface area (Å²) < 4.78 is 0. The number of Topliss-reactive ketones (excluding diaryl/α,β-unsaturated/α-hetero) is 1. The van der Waals surface area contributed by atoms with Crippen molar-refractivity contribution < 1.29 is 19.5 Å². The molecule has 0 saturated carbocycles. The highest BCUT2D eigenvalue weighted by Gasteiger charge is 2.02. The fourth-order valence-electron chi connectivity index (χ4n) is 2.57. The predicted molar refractivity (Wildman–Crippen MR) is 96.9 cm³/mol. The van der Waals surface area contributed by atoms with Gasteiger partial charge in [-0.25, -0.2) is 5.48 Å². The average Bonchev–Trinajstić information content (AvgIpc) is 2.55. The van der Waals surface area contributed by atoms with Crippen molar-refractivity contribution >= 4 is 11.8 Å². The number of nitrogens with one attached hydrogen (secondary N) is 1. The standard InChI is InChI=1S/C19H37NO4/c1-2-3-4-5-6-7-8-9-10-11-12-14-18(21)17-24-20-16-13-15-19(22)23/h20H,2-17H2,1H3,(H,22,23). The number of carboxylic acids is 1. The van der Waals surface area contributed by atoms with Gasteiger partial charge < -0.3 is 5.11 Å². The van der Waals surface area contributed by atoms with Gasteiger partial charge in [-0.2, -0.15) is 0 Å². The van der Waals surface area contributed by atoms with Crippen LogP contribution in [-0.2, 0) is 14.4 Å². The van der Waals surface area contributed by atoms with E-state index in [2.05, 4.69) is 12.4 Å². The Bertz CT molecular complexity index is 308. The van der Waals surface area contributed by atoms with E-state index in [-0.39, 0.29) is 18.8 Å². The molecule has 0 aromatic rings. The van der Waals surface area contributed by atoms with Crippen molar-refractivity contribution in [3.63, 3.8) is 0 Å². The number of hydrogen-bond donors (Lipinski definition) is 2. The van der Waals surface area contributed by atoms with Crippen molar-refractivity contribution in [2.24, 2.45) is 0 Å². The summed E-state index contributed by atoms with van der Waals surface area (Å²) in [6, 6.07) is 0. The number of carbonyl (C=O) groups is 2. The lowest BCUT2D eigenvalue weighted by Crippen LogP contribution is -2.21. The molecule has 0 saturated heterocycles. The molecule has 0 aromatic carbocycles. The van der Waals surface area contributed by atoms with Crippen LogP contribution in [-0.4, -0.2) is 30.0 Å². The molecule has 0 unspecified atom stereocenters. The first-order chi connectivity index (χ1) is 11.7. The zero-order valence-corrected chi connectivity index (χ0v) is 15.5. The second kappa shape index (κ2) is 18.4. The van der Waals surface area contributed by atoms with Gasteiger partial charge in [0.15, 0.2) is 5.78 Å². The minimum Gasteiger partial charge on any atom is -0.481 e. The molecule has 0 aliphatic rings. The van der Waals surface area contributed by atoms with Crippen molar-refractivity contribution in [2.45, 2.75) is 96.8 Å². The number of unbranched alkanes of at least 4 members (excludes halogenated alkanes) is 10. The van der Waals surface area contributed by atoms with Gasteiger partial charge in [-0.1, -0.05) is 71.1 Å². The molecule has 0 fully saturated rings. The monoisotopic (exact) mass is 343 g/mol. The summed E-state index contributed by atoms with van der Waals surface area (Å²) in [6.07, 6.45) is 15.2. The fraction of sp³-hybridized carbons (Fsp3) is 0.895. The van der Waals surface area contributed by atoms with E-state index >= 15 is 0 Å². The van der Waals surface area contributed by atoms with Crippen molar-refractivity contribution in [3.05, 3.63) is 0 Å². The Morgan fingerprint density at radius 3 is 1.88 bits per heavy atom. The summed E-state index contributed by atoms with van der Waals surface area (Å²) in [5.74, 6) is -0.707. The SMILES string of the molecule is CCCCCCCCCCCCCC(=O)CONCCCC(=O)O. The Morgan fingerprint density at radius 2 is 1.33 bits per heavy atom. The lowest BCUT2D eigenvalue weighted by Gasteiger charge is -2.05. The first-order valence-electron chi connectivity index (χ1n) is 9.75. The number of ketones is 1. The highest BCUT2D eigenvalue weighted by Crippen LogP contribution is 2.11. The summed E-state index contributed by atoms with van der Waals surface area (Å²) in [5, 5.41) is 8.47. The van der Waals surface area contributed by atoms with Crippen molar-refractivity contribution in [2.75, 3.05) is 13.2 Å². The van der Waals surface area contributed by atoms with Gasteiger partial charge in [0.05, 0.1) is 0 Å². The number of carboxylic acid groups (broad SMARTS) is 1. The lowest BCUT2D eigenvalue weighted by atomic mass is 10.0. The zero-order chi connectivity index (χ0) is 17.9. The van der Waals surface area contributed by atoms with Crippen molar-refractivity contribution in [1.29, 1.82) is 0 Å². The van der Waals surface area contributed by atoms with E-state index in [9.17, 15) is 9.59 Å². The van der Waals surface area contributed by atoms with E-state index in [1.54, 1.807) is 0 Å². The lowest BCUT2D eigenvalue weighted by molar-refractivity contribution is -0.137. The number of aliphatic carboxylic acids is 1. The van der Waals surface area contributed by atoms with Crippen LogP contribution in [0.2, 0.25) is 0 Å². The van der Waals surface area contributed by atoms with Gasteiger partial charge in [-0.05, 0) is 12.8 Å². The summed E-state index contributed by atoms with van der Waals surface area (Å²) in [4.78, 5) is 26.9. The second-order valence-electron chi connectivity index (χ2n) is 6.50. The van der Waals surface area contributed by atoms with E-state index < -0.39 is 5.97 Å². The van der Waals surface area contributed by atoms with E-state index in [1.807, 2.05) is 0 Å². The highest BCUT2D eigenvalue weighted by molar-refractivity contribution is 5.79. The number of hydrogen-bond acceptors (Lipinski definition) is 4. The summed E-state index contributed by atoms with van der Waals surface area (Å²) in [7, 11) is 0. The Labute approximate surface area is 147 Å². The van der Waals surface area contributed by atoms with Gasteiger partial charge in [0, 0.05) is 19.4 Å². The van der Waals surface area contributed by atoms with E-state index in [0.29, 0.717) is 19.4 Å². The molecule has 5 heteroatoms. The molecule has 0 spiro atoms. The smallest absolute Gasteiger partial charge is 0.303 e. The quantitative estimate of drug-likeness (QED) is 0.264. The Balaban J connectivity index is 3.16. The van der Waals surface area contributed by atoms with Crippen LogP contribution in [0.1, 0.15) is 96.8 Å². The topological polar surface area (TPSA) is 75.6 Å². The second-order valence-corrected chi connectivity index (χ2v) is 6.50. The molecule has 0 radical (unpaired) electrons. The summed E-state index contributed by atoms with van der Waals surface area (Å²) >= 11 is 0. The van der Waals surface area contributed by atoms with Gasteiger partial charge in [0.2, 0.25) is 0 Å². The maximum atomic E-state index is 11.6. The van der Waals surface area contributed by atoms with Crippen LogP contribution in [0.15, 0.2) is 0 Å².